The van der Waals surface area contributed by atoms with E-state index in [9.17, 15) is 0 Å². The topological polar surface area (TPSA) is 47.0 Å². The molecule has 0 amide bonds. The summed E-state index contributed by atoms with van der Waals surface area (Å²) in [5, 5.41) is 3.40. The summed E-state index contributed by atoms with van der Waals surface area (Å²) in [6, 6.07) is 10.3. The number of hydrogen-bond acceptors (Lipinski definition) is 4. The van der Waals surface area contributed by atoms with Crippen molar-refractivity contribution in [1.82, 2.24) is 9.97 Å². The zero-order valence-corrected chi connectivity index (χ0v) is 12.5. The van der Waals surface area contributed by atoms with Gasteiger partial charge in [0, 0.05) is 11.4 Å². The summed E-state index contributed by atoms with van der Waals surface area (Å²) in [5.41, 5.74) is 3.16. The van der Waals surface area contributed by atoms with Gasteiger partial charge in [0.1, 0.15) is 5.75 Å². The fourth-order valence-corrected chi connectivity index (χ4v) is 2.20. The highest BCUT2D eigenvalue weighted by Gasteiger charge is 2.11. The monoisotopic (exact) mass is 271 g/mol. The van der Waals surface area contributed by atoms with Crippen LogP contribution in [0.1, 0.15) is 36.3 Å². The first kappa shape index (κ1) is 14.3. The maximum atomic E-state index is 5.19. The molecule has 1 heterocycles. The fraction of sp³-hybridized carbons (Fsp3) is 0.375. The molecule has 106 valence electrons. The number of aryl methyl sites for hydroxylation is 2. The lowest BCUT2D eigenvalue weighted by molar-refractivity contribution is 0.414. The Morgan fingerprint density at radius 3 is 2.20 bits per heavy atom. The van der Waals surface area contributed by atoms with Gasteiger partial charge in [0.2, 0.25) is 5.95 Å². The first-order valence-corrected chi connectivity index (χ1v) is 6.85. The molecule has 0 spiro atoms. The van der Waals surface area contributed by atoms with Crippen LogP contribution in [0.15, 0.2) is 30.3 Å². The van der Waals surface area contributed by atoms with E-state index in [1.54, 1.807) is 7.11 Å². The Hall–Kier alpha value is -2.10. The van der Waals surface area contributed by atoms with Crippen LogP contribution in [0, 0.1) is 13.8 Å². The van der Waals surface area contributed by atoms with Gasteiger partial charge in [-0.3, -0.25) is 0 Å². The maximum Gasteiger partial charge on any atom is 0.223 e. The Kier molecular flexibility index (Phi) is 4.56. The third-order valence-corrected chi connectivity index (χ3v) is 3.21. The number of aromatic nitrogens is 2. The molecular formula is C16H21N3O. The molecule has 0 bridgehead atoms. The normalized spacial score (nSPS) is 12.0. The van der Waals surface area contributed by atoms with Crippen LogP contribution < -0.4 is 10.1 Å². The molecule has 0 fully saturated rings. The van der Waals surface area contributed by atoms with Crippen LogP contribution in [0.2, 0.25) is 0 Å². The highest BCUT2D eigenvalue weighted by Crippen LogP contribution is 2.23. The standard InChI is InChI=1S/C16H21N3O/c1-5-15(13-6-8-14(20-4)9-7-13)19-16-17-11(2)10-12(3)18-16/h6-10,15H,5H2,1-4H3,(H,17,18,19). The summed E-state index contributed by atoms with van der Waals surface area (Å²) in [5.74, 6) is 1.55. The minimum Gasteiger partial charge on any atom is -0.497 e. The molecule has 1 unspecified atom stereocenters. The van der Waals surface area contributed by atoms with E-state index in [1.807, 2.05) is 32.0 Å². The lowest BCUT2D eigenvalue weighted by Gasteiger charge is -2.18. The van der Waals surface area contributed by atoms with Crippen LogP contribution in [-0.4, -0.2) is 17.1 Å². The Bertz CT molecular complexity index is 546. The Labute approximate surface area is 120 Å². The third-order valence-electron chi connectivity index (χ3n) is 3.21. The lowest BCUT2D eigenvalue weighted by Crippen LogP contribution is -2.12. The summed E-state index contributed by atoms with van der Waals surface area (Å²) in [7, 11) is 1.67. The van der Waals surface area contributed by atoms with Crippen molar-refractivity contribution < 1.29 is 4.74 Å². The van der Waals surface area contributed by atoms with E-state index in [4.69, 9.17) is 4.74 Å². The summed E-state index contributed by atoms with van der Waals surface area (Å²) < 4.78 is 5.19. The molecule has 2 rings (SSSR count). The molecule has 4 nitrogen and oxygen atoms in total. The molecule has 4 heteroatoms. The largest absolute Gasteiger partial charge is 0.497 e. The number of nitrogens with zero attached hydrogens (tertiary/aromatic N) is 2. The van der Waals surface area contributed by atoms with E-state index >= 15 is 0 Å². The van der Waals surface area contributed by atoms with Gasteiger partial charge < -0.3 is 10.1 Å². The Balaban J connectivity index is 2.19. The molecular weight excluding hydrogens is 250 g/mol. The maximum absolute atomic E-state index is 5.19. The predicted octanol–water partition coefficient (Wildman–Crippen LogP) is 3.67. The van der Waals surface area contributed by atoms with Crippen molar-refractivity contribution in [3.63, 3.8) is 0 Å². The SMILES string of the molecule is CCC(Nc1nc(C)cc(C)n1)c1ccc(OC)cc1. The zero-order valence-electron chi connectivity index (χ0n) is 12.5. The molecule has 0 radical (unpaired) electrons. The van der Waals surface area contributed by atoms with E-state index in [0.717, 1.165) is 23.6 Å². The van der Waals surface area contributed by atoms with Gasteiger partial charge in [-0.2, -0.15) is 0 Å². The number of methoxy groups -OCH3 is 1. The van der Waals surface area contributed by atoms with E-state index in [0.29, 0.717) is 5.95 Å². The number of ether oxygens (including phenoxy) is 1. The average molecular weight is 271 g/mol. The van der Waals surface area contributed by atoms with Gasteiger partial charge >= 0.3 is 0 Å². The third kappa shape index (κ3) is 3.47. The second-order valence-electron chi connectivity index (χ2n) is 4.85. The van der Waals surface area contributed by atoms with E-state index < -0.39 is 0 Å². The quantitative estimate of drug-likeness (QED) is 0.901. The molecule has 20 heavy (non-hydrogen) atoms. The van der Waals surface area contributed by atoms with Crippen molar-refractivity contribution >= 4 is 5.95 Å². The summed E-state index contributed by atoms with van der Waals surface area (Å²) in [4.78, 5) is 8.87. The first-order valence-electron chi connectivity index (χ1n) is 6.85. The molecule has 1 atom stereocenters. The first-order chi connectivity index (χ1) is 9.62. The molecule has 0 aliphatic rings. The van der Waals surface area contributed by atoms with Gasteiger partial charge in [-0.25, -0.2) is 9.97 Å². The van der Waals surface area contributed by atoms with E-state index in [2.05, 4.69) is 34.3 Å². The molecule has 2 aromatic rings. The van der Waals surface area contributed by atoms with Gasteiger partial charge in [0.05, 0.1) is 13.2 Å². The van der Waals surface area contributed by atoms with Crippen LogP contribution in [0.4, 0.5) is 5.95 Å². The molecule has 0 saturated carbocycles. The minimum absolute atomic E-state index is 0.196. The summed E-state index contributed by atoms with van der Waals surface area (Å²) >= 11 is 0. The highest BCUT2D eigenvalue weighted by molar-refractivity contribution is 5.36. The van der Waals surface area contributed by atoms with Crippen LogP contribution in [-0.2, 0) is 0 Å². The number of rotatable bonds is 5. The second-order valence-corrected chi connectivity index (χ2v) is 4.85. The van der Waals surface area contributed by atoms with Gasteiger partial charge in [0.15, 0.2) is 0 Å². The van der Waals surface area contributed by atoms with Crippen LogP contribution in [0.5, 0.6) is 5.75 Å². The van der Waals surface area contributed by atoms with Crippen LogP contribution in [0.25, 0.3) is 0 Å². The van der Waals surface area contributed by atoms with Crippen LogP contribution >= 0.6 is 0 Å². The Morgan fingerprint density at radius 2 is 1.70 bits per heavy atom. The fourth-order valence-electron chi connectivity index (χ4n) is 2.20. The van der Waals surface area contributed by atoms with Crippen molar-refractivity contribution in [3.05, 3.63) is 47.3 Å². The van der Waals surface area contributed by atoms with Gasteiger partial charge in [-0.15, -0.1) is 0 Å². The van der Waals surface area contributed by atoms with Crippen molar-refractivity contribution in [2.45, 2.75) is 33.2 Å². The number of hydrogen-bond donors (Lipinski definition) is 1. The minimum atomic E-state index is 0.196. The number of nitrogens with one attached hydrogen (secondary N) is 1. The van der Waals surface area contributed by atoms with Crippen molar-refractivity contribution in [2.24, 2.45) is 0 Å². The Morgan fingerprint density at radius 1 is 1.10 bits per heavy atom. The second kappa shape index (κ2) is 6.37. The summed E-state index contributed by atoms with van der Waals surface area (Å²) in [6.45, 7) is 6.10. The lowest BCUT2D eigenvalue weighted by atomic mass is 10.0. The number of anilines is 1. The average Bonchev–Trinajstić information content (AvgIpc) is 2.44. The van der Waals surface area contributed by atoms with Crippen LogP contribution in [0.3, 0.4) is 0 Å². The predicted molar refractivity (Wildman–Crippen MR) is 81.2 cm³/mol. The van der Waals surface area contributed by atoms with E-state index in [1.165, 1.54) is 5.56 Å². The van der Waals surface area contributed by atoms with Crippen molar-refractivity contribution in [3.8, 4) is 5.75 Å². The highest BCUT2D eigenvalue weighted by atomic mass is 16.5. The van der Waals surface area contributed by atoms with Gasteiger partial charge in [0.25, 0.3) is 0 Å². The molecule has 0 aliphatic carbocycles. The smallest absolute Gasteiger partial charge is 0.223 e. The number of benzene rings is 1. The zero-order chi connectivity index (χ0) is 14.5. The van der Waals surface area contributed by atoms with Gasteiger partial charge in [-0.1, -0.05) is 19.1 Å². The van der Waals surface area contributed by atoms with Crippen molar-refractivity contribution in [1.29, 1.82) is 0 Å². The molecule has 1 aromatic carbocycles. The summed E-state index contributed by atoms with van der Waals surface area (Å²) in [6.07, 6.45) is 0.961. The van der Waals surface area contributed by atoms with Crippen molar-refractivity contribution in [2.75, 3.05) is 12.4 Å². The van der Waals surface area contributed by atoms with E-state index in [-0.39, 0.29) is 6.04 Å². The molecule has 1 N–H and O–H groups in total. The van der Waals surface area contributed by atoms with Gasteiger partial charge in [-0.05, 0) is 44.0 Å². The molecule has 0 aliphatic heterocycles. The molecule has 0 saturated heterocycles. The molecule has 1 aromatic heterocycles.